The number of anilines is 1. The lowest BCUT2D eigenvalue weighted by Gasteiger charge is -2.23. The molecule has 0 radical (unpaired) electrons. The van der Waals surface area contributed by atoms with Crippen molar-refractivity contribution in [2.24, 2.45) is 0 Å². The number of hydrogen-bond donors (Lipinski definition) is 1. The number of oxazole rings is 1. The van der Waals surface area contributed by atoms with Crippen molar-refractivity contribution in [1.82, 2.24) is 14.9 Å². The molecular formula is C24H22N4O2. The van der Waals surface area contributed by atoms with Crippen LogP contribution in [-0.4, -0.2) is 33.4 Å². The second-order valence-corrected chi connectivity index (χ2v) is 7.54. The topological polar surface area (TPSA) is 71.3 Å². The minimum atomic E-state index is -0.123. The molecule has 4 aromatic rings. The summed E-state index contributed by atoms with van der Waals surface area (Å²) in [5.74, 6) is 0.610. The van der Waals surface area contributed by atoms with E-state index in [0.29, 0.717) is 5.89 Å². The Hall–Kier alpha value is -3.51. The Labute approximate surface area is 174 Å². The fraction of sp³-hybridized carbons (Fsp3) is 0.208. The summed E-state index contributed by atoms with van der Waals surface area (Å²) in [5, 5.41) is 3.06. The Morgan fingerprint density at radius 3 is 2.77 bits per heavy atom. The summed E-state index contributed by atoms with van der Waals surface area (Å²) in [4.78, 5) is 23.8. The Morgan fingerprint density at radius 2 is 1.97 bits per heavy atom. The van der Waals surface area contributed by atoms with E-state index < -0.39 is 0 Å². The Balaban J connectivity index is 1.26. The first-order valence-electron chi connectivity index (χ1n) is 10.2. The average Bonchev–Trinajstić information content (AvgIpc) is 3.42. The largest absolute Gasteiger partial charge is 0.436 e. The number of rotatable bonds is 5. The van der Waals surface area contributed by atoms with Crippen molar-refractivity contribution in [3.8, 4) is 11.5 Å². The molecule has 6 heteroatoms. The number of aromatic nitrogens is 2. The van der Waals surface area contributed by atoms with Gasteiger partial charge in [-0.1, -0.05) is 18.2 Å². The van der Waals surface area contributed by atoms with Gasteiger partial charge < -0.3 is 9.73 Å². The van der Waals surface area contributed by atoms with Crippen molar-refractivity contribution in [1.29, 1.82) is 0 Å². The van der Waals surface area contributed by atoms with Gasteiger partial charge in [0.25, 0.3) is 0 Å². The number of benzene rings is 2. The molecule has 0 bridgehead atoms. The highest BCUT2D eigenvalue weighted by Crippen LogP contribution is 2.26. The SMILES string of the molecule is O=C(Nc1ccc(-c2nc3ccccc3o2)cc1)[C@@H]1CCCN1Cc1cccnc1. The second-order valence-electron chi connectivity index (χ2n) is 7.54. The van der Waals surface area contributed by atoms with Crippen molar-refractivity contribution < 1.29 is 9.21 Å². The zero-order valence-corrected chi connectivity index (χ0v) is 16.5. The number of nitrogens with one attached hydrogen (secondary N) is 1. The van der Waals surface area contributed by atoms with E-state index in [0.717, 1.165) is 53.8 Å². The molecule has 5 rings (SSSR count). The average molecular weight is 398 g/mol. The fourth-order valence-electron chi connectivity index (χ4n) is 3.96. The van der Waals surface area contributed by atoms with Gasteiger partial charge in [-0.15, -0.1) is 0 Å². The fourth-order valence-corrected chi connectivity index (χ4v) is 3.96. The summed E-state index contributed by atoms with van der Waals surface area (Å²) in [6, 6.07) is 19.2. The van der Waals surface area contributed by atoms with Crippen LogP contribution in [0.3, 0.4) is 0 Å². The highest BCUT2D eigenvalue weighted by molar-refractivity contribution is 5.95. The molecule has 3 heterocycles. The van der Waals surface area contributed by atoms with Crippen molar-refractivity contribution in [2.75, 3.05) is 11.9 Å². The summed E-state index contributed by atoms with van der Waals surface area (Å²) >= 11 is 0. The van der Waals surface area contributed by atoms with Gasteiger partial charge in [0, 0.05) is 30.2 Å². The van der Waals surface area contributed by atoms with Crippen LogP contribution in [0.2, 0.25) is 0 Å². The number of carbonyl (C=O) groups is 1. The third-order valence-electron chi connectivity index (χ3n) is 5.47. The lowest BCUT2D eigenvalue weighted by molar-refractivity contribution is -0.120. The van der Waals surface area contributed by atoms with Crippen LogP contribution in [0.5, 0.6) is 0 Å². The number of carbonyl (C=O) groups excluding carboxylic acids is 1. The van der Waals surface area contributed by atoms with Crippen LogP contribution in [-0.2, 0) is 11.3 Å². The van der Waals surface area contributed by atoms with Gasteiger partial charge in [-0.25, -0.2) is 4.98 Å². The van der Waals surface area contributed by atoms with Gasteiger partial charge >= 0.3 is 0 Å². The Kier molecular flexibility index (Phi) is 4.99. The molecule has 1 N–H and O–H groups in total. The van der Waals surface area contributed by atoms with Crippen LogP contribution in [0.15, 0.2) is 77.5 Å². The summed E-state index contributed by atoms with van der Waals surface area (Å²) in [7, 11) is 0. The molecule has 1 amide bonds. The molecule has 0 saturated carbocycles. The molecule has 0 spiro atoms. The van der Waals surface area contributed by atoms with Crippen molar-refractivity contribution in [3.05, 3.63) is 78.6 Å². The predicted molar refractivity (Wildman–Crippen MR) is 116 cm³/mol. The van der Waals surface area contributed by atoms with Gasteiger partial charge in [0.1, 0.15) is 5.52 Å². The number of nitrogens with zero attached hydrogens (tertiary/aromatic N) is 3. The molecule has 150 valence electrons. The minimum Gasteiger partial charge on any atom is -0.436 e. The maximum absolute atomic E-state index is 12.9. The van der Waals surface area contributed by atoms with Crippen LogP contribution >= 0.6 is 0 Å². The number of likely N-dealkylation sites (tertiary alicyclic amines) is 1. The van der Waals surface area contributed by atoms with Crippen molar-refractivity contribution in [3.63, 3.8) is 0 Å². The minimum absolute atomic E-state index is 0.0333. The van der Waals surface area contributed by atoms with E-state index in [2.05, 4.69) is 20.2 Å². The maximum Gasteiger partial charge on any atom is 0.241 e. The van der Waals surface area contributed by atoms with Crippen molar-refractivity contribution in [2.45, 2.75) is 25.4 Å². The van der Waals surface area contributed by atoms with Crippen LogP contribution in [0.25, 0.3) is 22.6 Å². The van der Waals surface area contributed by atoms with Gasteiger partial charge in [0.15, 0.2) is 5.58 Å². The number of para-hydroxylation sites is 2. The van der Waals surface area contributed by atoms with Gasteiger partial charge in [0.2, 0.25) is 11.8 Å². The summed E-state index contributed by atoms with van der Waals surface area (Å²) in [5.41, 5.74) is 4.37. The monoisotopic (exact) mass is 398 g/mol. The third kappa shape index (κ3) is 3.82. The molecule has 6 nitrogen and oxygen atoms in total. The van der Waals surface area contributed by atoms with E-state index in [1.54, 1.807) is 6.20 Å². The summed E-state index contributed by atoms with van der Waals surface area (Å²) in [6.45, 7) is 1.66. The summed E-state index contributed by atoms with van der Waals surface area (Å²) in [6.07, 6.45) is 5.52. The lowest BCUT2D eigenvalue weighted by atomic mass is 10.1. The number of hydrogen-bond acceptors (Lipinski definition) is 5. The molecule has 1 fully saturated rings. The zero-order valence-electron chi connectivity index (χ0n) is 16.5. The van der Waals surface area contributed by atoms with Gasteiger partial charge in [-0.05, 0) is 67.4 Å². The number of fused-ring (bicyclic) bond motifs is 1. The molecule has 30 heavy (non-hydrogen) atoms. The first-order valence-corrected chi connectivity index (χ1v) is 10.2. The maximum atomic E-state index is 12.9. The number of amides is 1. The molecule has 0 unspecified atom stereocenters. The van der Waals surface area contributed by atoms with Crippen LogP contribution in [0, 0.1) is 0 Å². The van der Waals surface area contributed by atoms with Crippen LogP contribution in [0.4, 0.5) is 5.69 Å². The van der Waals surface area contributed by atoms with E-state index in [-0.39, 0.29) is 11.9 Å². The molecule has 1 saturated heterocycles. The standard InChI is InChI=1S/C24H22N4O2/c29-23(21-7-4-14-28(21)16-17-5-3-13-25-15-17)26-19-11-9-18(10-12-19)24-27-20-6-1-2-8-22(20)30-24/h1-3,5-6,8-13,15,21H,4,7,14,16H2,(H,26,29)/t21-/m0/s1. The Morgan fingerprint density at radius 1 is 1.10 bits per heavy atom. The Bertz CT molecular complexity index is 1120. The van der Waals surface area contributed by atoms with E-state index in [1.807, 2.05) is 66.9 Å². The van der Waals surface area contributed by atoms with E-state index in [4.69, 9.17) is 4.42 Å². The third-order valence-corrected chi connectivity index (χ3v) is 5.47. The first kappa shape index (κ1) is 18.5. The van der Waals surface area contributed by atoms with Gasteiger partial charge in [-0.2, -0.15) is 0 Å². The van der Waals surface area contributed by atoms with Crippen LogP contribution < -0.4 is 5.32 Å². The molecule has 1 atom stereocenters. The molecule has 2 aromatic carbocycles. The molecule has 1 aliphatic heterocycles. The molecule has 1 aliphatic rings. The molecule has 2 aromatic heterocycles. The van der Waals surface area contributed by atoms with Crippen LogP contribution in [0.1, 0.15) is 18.4 Å². The lowest BCUT2D eigenvalue weighted by Crippen LogP contribution is -2.39. The molecular weight excluding hydrogens is 376 g/mol. The summed E-state index contributed by atoms with van der Waals surface area (Å²) < 4.78 is 5.82. The van der Waals surface area contributed by atoms with Gasteiger partial charge in [-0.3, -0.25) is 14.7 Å². The highest BCUT2D eigenvalue weighted by atomic mass is 16.3. The van der Waals surface area contributed by atoms with Gasteiger partial charge in [0.05, 0.1) is 6.04 Å². The van der Waals surface area contributed by atoms with E-state index in [1.165, 1.54) is 0 Å². The molecule has 0 aliphatic carbocycles. The quantitative estimate of drug-likeness (QED) is 0.536. The number of pyridine rings is 1. The highest BCUT2D eigenvalue weighted by Gasteiger charge is 2.30. The predicted octanol–water partition coefficient (Wildman–Crippen LogP) is 4.49. The second kappa shape index (κ2) is 8.08. The van der Waals surface area contributed by atoms with E-state index in [9.17, 15) is 4.79 Å². The van der Waals surface area contributed by atoms with E-state index >= 15 is 0 Å². The zero-order chi connectivity index (χ0) is 20.3. The smallest absolute Gasteiger partial charge is 0.241 e. The van der Waals surface area contributed by atoms with Crippen molar-refractivity contribution >= 4 is 22.7 Å². The normalized spacial score (nSPS) is 16.7. The first-order chi connectivity index (χ1) is 14.8.